The lowest BCUT2D eigenvalue weighted by Gasteiger charge is -2.30. The van der Waals surface area contributed by atoms with E-state index >= 15 is 0 Å². The molecule has 1 aliphatic heterocycles. The molecule has 7 heteroatoms. The van der Waals surface area contributed by atoms with E-state index in [1.807, 2.05) is 29.2 Å². The van der Waals surface area contributed by atoms with Gasteiger partial charge >= 0.3 is 6.03 Å². The number of urea groups is 1. The lowest BCUT2D eigenvalue weighted by Crippen LogP contribution is -2.44. The molecule has 0 bridgehead atoms. The average Bonchev–Trinajstić information content (AvgIpc) is 3.08. The maximum absolute atomic E-state index is 12.3. The van der Waals surface area contributed by atoms with Crippen molar-refractivity contribution in [3.63, 3.8) is 0 Å². The molecule has 0 saturated carbocycles. The molecule has 1 aromatic heterocycles. The number of methoxy groups -OCH3 is 1. The predicted octanol–water partition coefficient (Wildman–Crippen LogP) is 2.52. The number of piperidine rings is 1. The first-order valence-electron chi connectivity index (χ1n) is 8.62. The fourth-order valence-electron chi connectivity index (χ4n) is 3.15. The highest BCUT2D eigenvalue weighted by molar-refractivity contribution is 5.74. The van der Waals surface area contributed by atoms with Gasteiger partial charge < -0.3 is 19.5 Å². The number of hydrogen-bond acceptors (Lipinski definition) is 5. The van der Waals surface area contributed by atoms with Crippen molar-refractivity contribution in [1.82, 2.24) is 20.4 Å². The zero-order valence-corrected chi connectivity index (χ0v) is 14.7. The number of amides is 2. The maximum atomic E-state index is 12.3. The molecule has 1 N–H and O–H groups in total. The van der Waals surface area contributed by atoms with Crippen LogP contribution in [0.2, 0.25) is 0 Å². The lowest BCUT2D eigenvalue weighted by molar-refractivity contribution is 0.180. The van der Waals surface area contributed by atoms with E-state index < -0.39 is 0 Å². The SMILES string of the molecule is COc1ccccc1CCNC(=O)N1CCC(c2noc(C)n2)CC1. The van der Waals surface area contributed by atoms with Crippen molar-refractivity contribution in [3.05, 3.63) is 41.5 Å². The van der Waals surface area contributed by atoms with Gasteiger partial charge in [-0.1, -0.05) is 23.4 Å². The fraction of sp³-hybridized carbons (Fsp3) is 0.500. The summed E-state index contributed by atoms with van der Waals surface area (Å²) < 4.78 is 10.4. The van der Waals surface area contributed by atoms with Gasteiger partial charge in [0.05, 0.1) is 7.11 Å². The molecular weight excluding hydrogens is 320 g/mol. The molecule has 1 aliphatic rings. The molecule has 0 aliphatic carbocycles. The minimum atomic E-state index is -0.0161. The Morgan fingerprint density at radius 1 is 1.36 bits per heavy atom. The Labute approximate surface area is 147 Å². The van der Waals surface area contributed by atoms with Crippen LogP contribution in [0.4, 0.5) is 4.79 Å². The molecule has 1 aromatic carbocycles. The highest BCUT2D eigenvalue weighted by Gasteiger charge is 2.26. The standard InChI is InChI=1S/C18H24N4O3/c1-13-20-17(21-25-13)15-8-11-22(12-9-15)18(23)19-10-7-14-5-3-4-6-16(14)24-2/h3-6,15H,7-12H2,1-2H3,(H,19,23). The van der Waals surface area contributed by atoms with Crippen LogP contribution in [0.5, 0.6) is 5.75 Å². The summed E-state index contributed by atoms with van der Waals surface area (Å²) in [5.74, 6) is 2.48. The smallest absolute Gasteiger partial charge is 0.317 e. The Morgan fingerprint density at radius 2 is 2.12 bits per heavy atom. The first kappa shape index (κ1) is 17.3. The van der Waals surface area contributed by atoms with E-state index in [4.69, 9.17) is 9.26 Å². The number of carbonyl (C=O) groups excluding carboxylic acids is 1. The predicted molar refractivity (Wildman–Crippen MR) is 92.7 cm³/mol. The topological polar surface area (TPSA) is 80.5 Å². The molecule has 3 rings (SSSR count). The fourth-order valence-corrected chi connectivity index (χ4v) is 3.15. The Morgan fingerprint density at radius 3 is 2.80 bits per heavy atom. The summed E-state index contributed by atoms with van der Waals surface area (Å²) in [6.45, 7) is 3.79. The summed E-state index contributed by atoms with van der Waals surface area (Å²) in [7, 11) is 1.66. The monoisotopic (exact) mass is 344 g/mol. The van der Waals surface area contributed by atoms with Gasteiger partial charge in [0.2, 0.25) is 5.89 Å². The third kappa shape index (κ3) is 4.29. The van der Waals surface area contributed by atoms with Gasteiger partial charge in [0.15, 0.2) is 5.82 Å². The van der Waals surface area contributed by atoms with E-state index in [0.29, 0.717) is 25.5 Å². The van der Waals surface area contributed by atoms with Crippen LogP contribution < -0.4 is 10.1 Å². The summed E-state index contributed by atoms with van der Waals surface area (Å²) in [5.41, 5.74) is 1.09. The molecule has 0 radical (unpaired) electrons. The molecule has 2 aromatic rings. The number of rotatable bonds is 5. The molecule has 25 heavy (non-hydrogen) atoms. The zero-order chi connectivity index (χ0) is 17.6. The minimum absolute atomic E-state index is 0.0161. The number of aromatic nitrogens is 2. The van der Waals surface area contributed by atoms with Crippen molar-refractivity contribution in [1.29, 1.82) is 0 Å². The van der Waals surface area contributed by atoms with Gasteiger partial charge in [-0.3, -0.25) is 0 Å². The van der Waals surface area contributed by atoms with E-state index in [1.54, 1.807) is 14.0 Å². The summed E-state index contributed by atoms with van der Waals surface area (Å²) >= 11 is 0. The van der Waals surface area contributed by atoms with Crippen molar-refractivity contribution in [2.45, 2.75) is 32.1 Å². The summed E-state index contributed by atoms with van der Waals surface area (Å²) in [6, 6.07) is 7.85. The molecule has 1 fully saturated rings. The number of nitrogens with zero attached hydrogens (tertiary/aromatic N) is 3. The number of aryl methyl sites for hydroxylation is 1. The van der Waals surface area contributed by atoms with Crippen LogP contribution in [-0.2, 0) is 6.42 Å². The normalized spacial score (nSPS) is 15.2. The van der Waals surface area contributed by atoms with Crippen LogP contribution >= 0.6 is 0 Å². The maximum Gasteiger partial charge on any atom is 0.317 e. The van der Waals surface area contributed by atoms with Crippen LogP contribution in [0.3, 0.4) is 0 Å². The molecule has 0 spiro atoms. The number of nitrogens with one attached hydrogen (secondary N) is 1. The van der Waals surface area contributed by atoms with Crippen LogP contribution in [0.15, 0.2) is 28.8 Å². The summed E-state index contributed by atoms with van der Waals surface area (Å²) in [6.07, 6.45) is 2.46. The Balaban J connectivity index is 1.43. The van der Waals surface area contributed by atoms with Crippen molar-refractivity contribution >= 4 is 6.03 Å². The van der Waals surface area contributed by atoms with Crippen molar-refractivity contribution in [3.8, 4) is 5.75 Å². The number of carbonyl (C=O) groups is 1. The van der Waals surface area contributed by atoms with Crippen LogP contribution in [0.1, 0.15) is 36.0 Å². The molecule has 2 heterocycles. The number of likely N-dealkylation sites (tertiary alicyclic amines) is 1. The average molecular weight is 344 g/mol. The summed E-state index contributed by atoms with van der Waals surface area (Å²) in [5, 5.41) is 6.98. The van der Waals surface area contributed by atoms with E-state index in [-0.39, 0.29) is 11.9 Å². The van der Waals surface area contributed by atoms with E-state index in [1.165, 1.54) is 0 Å². The van der Waals surface area contributed by atoms with Crippen LogP contribution in [0, 0.1) is 6.92 Å². The van der Waals surface area contributed by atoms with Gasteiger partial charge in [0.25, 0.3) is 0 Å². The van der Waals surface area contributed by atoms with Crippen LogP contribution in [-0.4, -0.2) is 47.8 Å². The third-order valence-corrected chi connectivity index (χ3v) is 4.55. The van der Waals surface area contributed by atoms with Crippen LogP contribution in [0.25, 0.3) is 0 Å². The molecule has 7 nitrogen and oxygen atoms in total. The van der Waals surface area contributed by atoms with E-state index in [9.17, 15) is 4.79 Å². The van der Waals surface area contributed by atoms with Crippen molar-refractivity contribution in [2.75, 3.05) is 26.7 Å². The Bertz CT molecular complexity index is 708. The number of hydrogen-bond donors (Lipinski definition) is 1. The molecule has 0 atom stereocenters. The van der Waals surface area contributed by atoms with Gasteiger partial charge in [-0.05, 0) is 30.9 Å². The number of para-hydroxylation sites is 1. The Hall–Kier alpha value is -2.57. The molecular formula is C18H24N4O3. The van der Waals surface area contributed by atoms with E-state index in [2.05, 4.69) is 15.5 Å². The highest BCUT2D eigenvalue weighted by Crippen LogP contribution is 2.25. The number of benzene rings is 1. The second-order valence-electron chi connectivity index (χ2n) is 6.23. The molecule has 134 valence electrons. The first-order valence-corrected chi connectivity index (χ1v) is 8.62. The van der Waals surface area contributed by atoms with Gasteiger partial charge in [-0.2, -0.15) is 4.98 Å². The third-order valence-electron chi connectivity index (χ3n) is 4.55. The lowest BCUT2D eigenvalue weighted by atomic mass is 9.96. The summed E-state index contributed by atoms with van der Waals surface area (Å²) in [4.78, 5) is 18.5. The number of ether oxygens (including phenoxy) is 1. The van der Waals surface area contributed by atoms with E-state index in [0.717, 1.165) is 36.4 Å². The van der Waals surface area contributed by atoms with Gasteiger partial charge in [-0.25, -0.2) is 4.79 Å². The quantitative estimate of drug-likeness (QED) is 0.901. The zero-order valence-electron chi connectivity index (χ0n) is 14.7. The minimum Gasteiger partial charge on any atom is -0.496 e. The Kier molecular flexibility index (Phi) is 5.53. The highest BCUT2D eigenvalue weighted by atomic mass is 16.5. The van der Waals surface area contributed by atoms with Crippen molar-refractivity contribution < 1.29 is 14.1 Å². The second-order valence-corrected chi connectivity index (χ2v) is 6.23. The van der Waals surface area contributed by atoms with Gasteiger partial charge in [0, 0.05) is 32.5 Å². The largest absolute Gasteiger partial charge is 0.496 e. The van der Waals surface area contributed by atoms with Gasteiger partial charge in [0.1, 0.15) is 5.75 Å². The first-order chi connectivity index (χ1) is 12.2. The van der Waals surface area contributed by atoms with Crippen molar-refractivity contribution in [2.24, 2.45) is 0 Å². The second kappa shape index (κ2) is 8.00. The molecule has 0 unspecified atom stereocenters. The molecule has 2 amide bonds. The van der Waals surface area contributed by atoms with Gasteiger partial charge in [-0.15, -0.1) is 0 Å². The molecule has 1 saturated heterocycles.